The van der Waals surface area contributed by atoms with Gasteiger partial charge in [0.1, 0.15) is 11.9 Å². The molecule has 2 aromatic carbocycles. The maximum absolute atomic E-state index is 13.6. The summed E-state index contributed by atoms with van der Waals surface area (Å²) < 4.78 is 17.4. The largest absolute Gasteiger partial charge is 0.462 e. The van der Waals surface area contributed by atoms with Crippen molar-refractivity contribution in [2.24, 2.45) is 0 Å². The summed E-state index contributed by atoms with van der Waals surface area (Å²) in [7, 11) is 1.60. The van der Waals surface area contributed by atoms with Crippen molar-refractivity contribution in [2.75, 3.05) is 45.3 Å². The van der Waals surface area contributed by atoms with E-state index in [4.69, 9.17) is 14.2 Å². The van der Waals surface area contributed by atoms with Crippen molar-refractivity contribution in [2.45, 2.75) is 31.9 Å². The molecule has 43 heavy (non-hydrogen) atoms. The van der Waals surface area contributed by atoms with Gasteiger partial charge >= 0.3 is 5.97 Å². The first kappa shape index (κ1) is 28.7. The van der Waals surface area contributed by atoms with Crippen LogP contribution in [0.3, 0.4) is 0 Å². The summed E-state index contributed by atoms with van der Waals surface area (Å²) in [5.41, 5.74) is 3.53. The van der Waals surface area contributed by atoms with Gasteiger partial charge in [-0.25, -0.2) is 9.78 Å². The second-order valence-corrected chi connectivity index (χ2v) is 10.7. The molecule has 0 radical (unpaired) electrons. The zero-order valence-corrected chi connectivity index (χ0v) is 24.2. The van der Waals surface area contributed by atoms with Crippen LogP contribution in [0.1, 0.15) is 35.7 Å². The number of pyridine rings is 1. The average molecular weight is 584 g/mol. The van der Waals surface area contributed by atoms with Gasteiger partial charge in [-0.1, -0.05) is 12.1 Å². The minimum absolute atomic E-state index is 0.0538. The van der Waals surface area contributed by atoms with Gasteiger partial charge in [0.15, 0.2) is 0 Å². The number of amides is 1. The number of methoxy groups -OCH3 is 1. The van der Waals surface area contributed by atoms with Gasteiger partial charge in [-0.15, -0.1) is 0 Å². The van der Waals surface area contributed by atoms with Gasteiger partial charge in [0.05, 0.1) is 48.6 Å². The Kier molecular flexibility index (Phi) is 8.02. The summed E-state index contributed by atoms with van der Waals surface area (Å²) in [6.07, 6.45) is 6.19. The molecule has 2 fully saturated rings. The van der Waals surface area contributed by atoms with Gasteiger partial charge < -0.3 is 19.5 Å². The fraction of sp³-hybridized carbons (Fsp3) is 0.344. The Balaban J connectivity index is 1.30. The van der Waals surface area contributed by atoms with Gasteiger partial charge in [-0.05, 0) is 55.7 Å². The van der Waals surface area contributed by atoms with E-state index in [-0.39, 0.29) is 18.1 Å². The van der Waals surface area contributed by atoms with Gasteiger partial charge in [-0.3, -0.25) is 24.0 Å². The van der Waals surface area contributed by atoms with Crippen molar-refractivity contribution in [3.8, 4) is 16.8 Å². The quantitative estimate of drug-likeness (QED) is 0.295. The van der Waals surface area contributed by atoms with Crippen LogP contribution in [-0.4, -0.2) is 76.9 Å². The van der Waals surface area contributed by atoms with Gasteiger partial charge in [0, 0.05) is 49.4 Å². The van der Waals surface area contributed by atoms with E-state index in [0.717, 1.165) is 37.1 Å². The first-order chi connectivity index (χ1) is 20.9. The first-order valence-corrected chi connectivity index (χ1v) is 14.3. The van der Waals surface area contributed by atoms with Crippen molar-refractivity contribution in [1.29, 1.82) is 0 Å². The molecule has 1 aliphatic carbocycles. The van der Waals surface area contributed by atoms with Crippen molar-refractivity contribution in [3.63, 3.8) is 0 Å². The third-order valence-corrected chi connectivity index (χ3v) is 8.02. The minimum Gasteiger partial charge on any atom is -0.462 e. The highest BCUT2D eigenvalue weighted by Gasteiger charge is 2.54. The van der Waals surface area contributed by atoms with E-state index in [9.17, 15) is 14.4 Å². The molecule has 11 heteroatoms. The standard InChI is InChI=1S/C32H33N5O6/c1-3-43-30(39)24-14-23(17-33-18-24)21-5-7-26-28(15-21)34-20-37(29(26)38)25-6-4-22(19-41-2)27(16-25)35-31(40)32(8-9-32)36-10-12-42-13-11-36/h4-7,14-18,20H,3,8-13,19H2,1-2H3,(H,35,40). The zero-order valence-electron chi connectivity index (χ0n) is 24.2. The topological polar surface area (TPSA) is 125 Å². The summed E-state index contributed by atoms with van der Waals surface area (Å²) in [6.45, 7) is 5.02. The molecule has 4 aromatic rings. The number of nitrogens with zero attached hydrogens (tertiary/aromatic N) is 4. The Morgan fingerprint density at radius 3 is 2.60 bits per heavy atom. The average Bonchev–Trinajstić information content (AvgIpc) is 3.85. The predicted molar refractivity (Wildman–Crippen MR) is 160 cm³/mol. The Bertz CT molecular complexity index is 1740. The molecule has 2 aromatic heterocycles. The number of esters is 1. The Morgan fingerprint density at radius 2 is 1.86 bits per heavy atom. The molecular formula is C32H33N5O6. The molecule has 1 N–H and O–H groups in total. The molecule has 11 nitrogen and oxygen atoms in total. The fourth-order valence-electron chi connectivity index (χ4n) is 5.56. The van der Waals surface area contributed by atoms with Crippen molar-refractivity contribution < 1.29 is 23.8 Å². The van der Waals surface area contributed by atoms with Crippen LogP contribution in [0.25, 0.3) is 27.7 Å². The molecule has 0 bridgehead atoms. The van der Waals surface area contributed by atoms with Crippen LogP contribution in [0.2, 0.25) is 0 Å². The number of carbonyl (C=O) groups excluding carboxylic acids is 2. The first-order valence-electron chi connectivity index (χ1n) is 14.3. The molecule has 222 valence electrons. The monoisotopic (exact) mass is 583 g/mol. The lowest BCUT2D eigenvalue weighted by molar-refractivity contribution is -0.124. The smallest absolute Gasteiger partial charge is 0.339 e. The molecular weight excluding hydrogens is 550 g/mol. The normalized spacial score (nSPS) is 16.1. The molecule has 0 unspecified atom stereocenters. The molecule has 3 heterocycles. The molecule has 0 spiro atoms. The molecule has 1 amide bonds. The van der Waals surface area contributed by atoms with Gasteiger partial charge in [0.2, 0.25) is 5.91 Å². The Morgan fingerprint density at radius 1 is 1.05 bits per heavy atom. The number of benzene rings is 2. The van der Waals surface area contributed by atoms with E-state index in [0.29, 0.717) is 53.2 Å². The van der Waals surface area contributed by atoms with Crippen LogP contribution < -0.4 is 10.9 Å². The number of hydrogen-bond donors (Lipinski definition) is 1. The van der Waals surface area contributed by atoms with Crippen LogP contribution in [0.4, 0.5) is 5.69 Å². The van der Waals surface area contributed by atoms with E-state index in [2.05, 4.69) is 20.2 Å². The fourth-order valence-corrected chi connectivity index (χ4v) is 5.56. The van der Waals surface area contributed by atoms with Crippen LogP contribution >= 0.6 is 0 Å². The zero-order chi connectivity index (χ0) is 30.0. The van der Waals surface area contributed by atoms with Gasteiger partial charge in [0.25, 0.3) is 5.56 Å². The second kappa shape index (κ2) is 12.0. The minimum atomic E-state index is -0.519. The highest BCUT2D eigenvalue weighted by Crippen LogP contribution is 2.43. The third-order valence-electron chi connectivity index (χ3n) is 8.02. The SMILES string of the molecule is CCOC(=O)c1cncc(-c2ccc3c(=O)n(-c4ccc(COC)c(NC(=O)C5(N6CCOCC6)CC5)c4)cnc3c2)c1. The van der Waals surface area contributed by atoms with Gasteiger partial charge in [-0.2, -0.15) is 0 Å². The van der Waals surface area contributed by atoms with Crippen molar-refractivity contribution in [3.05, 3.63) is 82.7 Å². The lowest BCUT2D eigenvalue weighted by Crippen LogP contribution is -2.51. The lowest BCUT2D eigenvalue weighted by atomic mass is 10.0. The predicted octanol–water partition coefficient (Wildman–Crippen LogP) is 3.57. The van der Waals surface area contributed by atoms with Crippen LogP contribution in [0.15, 0.2) is 66.0 Å². The number of morpholine rings is 1. The van der Waals surface area contributed by atoms with E-state index in [1.165, 1.54) is 17.1 Å². The number of rotatable bonds is 9. The van der Waals surface area contributed by atoms with E-state index >= 15 is 0 Å². The summed E-state index contributed by atoms with van der Waals surface area (Å²) in [5, 5.41) is 3.56. The summed E-state index contributed by atoms with van der Waals surface area (Å²) in [5.74, 6) is -0.499. The Hall–Kier alpha value is -4.45. The van der Waals surface area contributed by atoms with Crippen LogP contribution in [-0.2, 0) is 25.6 Å². The number of carbonyl (C=O) groups is 2. The summed E-state index contributed by atoms with van der Waals surface area (Å²) in [4.78, 5) is 50.3. The van der Waals surface area contributed by atoms with E-state index < -0.39 is 11.5 Å². The number of aromatic nitrogens is 3. The van der Waals surface area contributed by atoms with Crippen LogP contribution in [0, 0.1) is 0 Å². The summed E-state index contributed by atoms with van der Waals surface area (Å²) in [6, 6.07) is 12.5. The van der Waals surface area contributed by atoms with E-state index in [1.54, 1.807) is 50.6 Å². The van der Waals surface area contributed by atoms with Crippen LogP contribution in [0.5, 0.6) is 0 Å². The Labute approximate surface area is 248 Å². The number of ether oxygens (including phenoxy) is 3. The summed E-state index contributed by atoms with van der Waals surface area (Å²) >= 11 is 0. The third kappa shape index (κ3) is 5.66. The molecule has 1 saturated carbocycles. The highest BCUT2D eigenvalue weighted by atomic mass is 16.5. The number of fused-ring (bicyclic) bond motifs is 1. The highest BCUT2D eigenvalue weighted by molar-refractivity contribution is 6.01. The molecule has 6 rings (SSSR count). The second-order valence-electron chi connectivity index (χ2n) is 10.7. The van der Waals surface area contributed by atoms with E-state index in [1.807, 2.05) is 12.1 Å². The number of anilines is 1. The molecule has 1 saturated heterocycles. The number of hydrogen-bond acceptors (Lipinski definition) is 9. The molecule has 2 aliphatic rings. The number of nitrogens with one attached hydrogen (secondary N) is 1. The maximum atomic E-state index is 13.6. The van der Waals surface area contributed by atoms with Crippen molar-refractivity contribution in [1.82, 2.24) is 19.4 Å². The lowest BCUT2D eigenvalue weighted by Gasteiger charge is -2.34. The van der Waals surface area contributed by atoms with Crippen molar-refractivity contribution >= 4 is 28.5 Å². The molecule has 0 atom stereocenters. The maximum Gasteiger partial charge on any atom is 0.339 e. The molecule has 1 aliphatic heterocycles.